The highest BCUT2D eigenvalue weighted by Crippen LogP contribution is 2.21. The highest BCUT2D eigenvalue weighted by molar-refractivity contribution is 5.37. The summed E-state index contributed by atoms with van der Waals surface area (Å²) in [5.41, 5.74) is 1.39. The molecule has 4 heteroatoms. The lowest BCUT2D eigenvalue weighted by Gasteiger charge is -2.23. The Bertz CT molecular complexity index is 364. The molecule has 2 heterocycles. The second-order valence-corrected chi connectivity index (χ2v) is 5.63. The molecule has 1 fully saturated rings. The number of ether oxygens (including phenoxy) is 2. The smallest absolute Gasteiger partial charge is 0.125 e. The summed E-state index contributed by atoms with van der Waals surface area (Å²) in [5, 5.41) is 3.28. The van der Waals surface area contributed by atoms with Gasteiger partial charge in [-0.25, -0.2) is 4.98 Å². The van der Waals surface area contributed by atoms with Crippen LogP contribution in [-0.4, -0.2) is 37.5 Å². The zero-order valence-electron chi connectivity index (χ0n) is 11.4. The normalized spacial score (nSPS) is 20.7. The van der Waals surface area contributed by atoms with Crippen LogP contribution in [0, 0.1) is 0 Å². The highest BCUT2D eigenvalue weighted by Gasteiger charge is 2.15. The maximum atomic E-state index is 5.56. The molecule has 1 aromatic heterocycles. The Morgan fingerprint density at radius 3 is 2.72 bits per heavy atom. The number of rotatable bonds is 3. The van der Waals surface area contributed by atoms with Crippen LogP contribution >= 0.6 is 0 Å². The van der Waals surface area contributed by atoms with E-state index in [0.29, 0.717) is 19.8 Å². The van der Waals surface area contributed by atoms with E-state index in [4.69, 9.17) is 9.47 Å². The molecule has 4 nitrogen and oxygen atoms in total. The molecule has 1 aliphatic heterocycles. The molecule has 2 rings (SSSR count). The Hall–Kier alpha value is -1.13. The van der Waals surface area contributed by atoms with Gasteiger partial charge in [0, 0.05) is 12.7 Å². The first-order valence-electron chi connectivity index (χ1n) is 6.45. The van der Waals surface area contributed by atoms with E-state index in [9.17, 15) is 0 Å². The first-order chi connectivity index (χ1) is 8.55. The molecule has 1 aliphatic rings. The summed E-state index contributed by atoms with van der Waals surface area (Å²) in [6, 6.07) is 4.14. The van der Waals surface area contributed by atoms with Gasteiger partial charge in [-0.15, -0.1) is 0 Å². The van der Waals surface area contributed by atoms with Crippen molar-refractivity contribution in [2.75, 3.05) is 31.7 Å². The van der Waals surface area contributed by atoms with Crippen molar-refractivity contribution in [1.29, 1.82) is 0 Å². The Morgan fingerprint density at radius 2 is 2.17 bits per heavy atom. The number of nitrogens with zero attached hydrogens (tertiary/aromatic N) is 1. The predicted octanol–water partition coefficient (Wildman–Crippen LogP) is 2.21. The second kappa shape index (κ2) is 5.67. The number of nitrogens with one attached hydrogen (secondary N) is 1. The third-order valence-corrected chi connectivity index (χ3v) is 3.03. The molecular weight excluding hydrogens is 228 g/mol. The number of hydrogen-bond donors (Lipinski definition) is 1. The number of anilines is 1. The van der Waals surface area contributed by atoms with Gasteiger partial charge >= 0.3 is 0 Å². The largest absolute Gasteiger partial charge is 0.376 e. The van der Waals surface area contributed by atoms with Gasteiger partial charge in [0.15, 0.2) is 0 Å². The van der Waals surface area contributed by atoms with Crippen molar-refractivity contribution in [3.05, 3.63) is 23.9 Å². The molecule has 0 amide bonds. The van der Waals surface area contributed by atoms with Crippen LogP contribution in [-0.2, 0) is 14.9 Å². The quantitative estimate of drug-likeness (QED) is 0.893. The molecule has 0 bridgehead atoms. The van der Waals surface area contributed by atoms with Crippen LogP contribution in [0.5, 0.6) is 0 Å². The van der Waals surface area contributed by atoms with Gasteiger partial charge < -0.3 is 14.8 Å². The summed E-state index contributed by atoms with van der Waals surface area (Å²) >= 11 is 0. The molecule has 1 N–H and O–H groups in total. The van der Waals surface area contributed by atoms with Gasteiger partial charge in [-0.1, -0.05) is 26.8 Å². The SMILES string of the molecule is CC(C)(C)c1ccc(NCC2COCCO2)nc1. The van der Waals surface area contributed by atoms with Gasteiger partial charge in [-0.2, -0.15) is 0 Å². The molecular formula is C14H22N2O2. The molecule has 0 aromatic carbocycles. The summed E-state index contributed by atoms with van der Waals surface area (Å²) in [4.78, 5) is 4.42. The standard InChI is InChI=1S/C14H22N2O2/c1-14(2,3)11-4-5-13(15-8-11)16-9-12-10-17-6-7-18-12/h4-5,8,12H,6-7,9-10H2,1-3H3,(H,15,16). The van der Waals surface area contributed by atoms with E-state index in [1.807, 2.05) is 12.3 Å². The number of hydrogen-bond acceptors (Lipinski definition) is 4. The average Bonchev–Trinajstić information content (AvgIpc) is 2.37. The lowest BCUT2D eigenvalue weighted by molar-refractivity contribution is -0.0819. The van der Waals surface area contributed by atoms with Gasteiger partial charge in [-0.3, -0.25) is 0 Å². The summed E-state index contributed by atoms with van der Waals surface area (Å²) in [5.74, 6) is 0.886. The monoisotopic (exact) mass is 250 g/mol. The molecule has 1 unspecified atom stereocenters. The fourth-order valence-electron chi connectivity index (χ4n) is 1.81. The van der Waals surface area contributed by atoms with Crippen molar-refractivity contribution in [3.63, 3.8) is 0 Å². The average molecular weight is 250 g/mol. The predicted molar refractivity (Wildman–Crippen MR) is 72.0 cm³/mol. The van der Waals surface area contributed by atoms with Crippen LogP contribution in [0.2, 0.25) is 0 Å². The molecule has 0 saturated carbocycles. The minimum Gasteiger partial charge on any atom is -0.376 e. The summed E-state index contributed by atoms with van der Waals surface area (Å²) in [7, 11) is 0. The Morgan fingerprint density at radius 1 is 1.33 bits per heavy atom. The fraction of sp³-hybridized carbons (Fsp3) is 0.643. The molecule has 0 radical (unpaired) electrons. The molecule has 18 heavy (non-hydrogen) atoms. The van der Waals surface area contributed by atoms with Crippen LogP contribution in [0.25, 0.3) is 0 Å². The van der Waals surface area contributed by atoms with Crippen molar-refractivity contribution in [3.8, 4) is 0 Å². The highest BCUT2D eigenvalue weighted by atomic mass is 16.6. The molecule has 1 aromatic rings. The maximum absolute atomic E-state index is 5.56. The van der Waals surface area contributed by atoms with E-state index in [1.165, 1.54) is 5.56 Å². The lowest BCUT2D eigenvalue weighted by Crippen LogP contribution is -2.34. The number of pyridine rings is 1. The zero-order chi connectivity index (χ0) is 13.0. The van der Waals surface area contributed by atoms with Crippen LogP contribution in [0.4, 0.5) is 5.82 Å². The van der Waals surface area contributed by atoms with Crippen LogP contribution in [0.1, 0.15) is 26.3 Å². The van der Waals surface area contributed by atoms with Crippen LogP contribution in [0.15, 0.2) is 18.3 Å². The van der Waals surface area contributed by atoms with Gasteiger partial charge in [0.1, 0.15) is 5.82 Å². The molecule has 0 aliphatic carbocycles. The van der Waals surface area contributed by atoms with Gasteiger partial charge in [0.25, 0.3) is 0 Å². The van der Waals surface area contributed by atoms with Crippen molar-refractivity contribution in [1.82, 2.24) is 4.98 Å². The Labute approximate surface area is 109 Å². The van der Waals surface area contributed by atoms with Crippen molar-refractivity contribution >= 4 is 5.82 Å². The van der Waals surface area contributed by atoms with Gasteiger partial charge in [0.05, 0.1) is 25.9 Å². The minimum atomic E-state index is 0.128. The van der Waals surface area contributed by atoms with Crippen molar-refractivity contribution in [2.24, 2.45) is 0 Å². The third kappa shape index (κ3) is 3.68. The fourth-order valence-corrected chi connectivity index (χ4v) is 1.81. The summed E-state index contributed by atoms with van der Waals surface area (Å²) in [6.07, 6.45) is 2.06. The zero-order valence-corrected chi connectivity index (χ0v) is 11.4. The van der Waals surface area contributed by atoms with Crippen molar-refractivity contribution in [2.45, 2.75) is 32.3 Å². The van der Waals surface area contributed by atoms with Crippen LogP contribution < -0.4 is 5.32 Å². The van der Waals surface area contributed by atoms with E-state index in [2.05, 4.69) is 37.1 Å². The maximum Gasteiger partial charge on any atom is 0.125 e. The van der Waals surface area contributed by atoms with E-state index in [0.717, 1.165) is 12.4 Å². The Kier molecular flexibility index (Phi) is 4.19. The molecule has 100 valence electrons. The third-order valence-electron chi connectivity index (χ3n) is 3.03. The van der Waals surface area contributed by atoms with E-state index < -0.39 is 0 Å². The minimum absolute atomic E-state index is 0.128. The second-order valence-electron chi connectivity index (χ2n) is 5.63. The van der Waals surface area contributed by atoms with Gasteiger partial charge in [-0.05, 0) is 17.0 Å². The van der Waals surface area contributed by atoms with E-state index >= 15 is 0 Å². The summed E-state index contributed by atoms with van der Waals surface area (Å²) < 4.78 is 10.9. The van der Waals surface area contributed by atoms with E-state index in [-0.39, 0.29) is 11.5 Å². The molecule has 0 spiro atoms. The first kappa shape index (κ1) is 13.3. The van der Waals surface area contributed by atoms with Gasteiger partial charge in [0.2, 0.25) is 0 Å². The number of aromatic nitrogens is 1. The Balaban J connectivity index is 1.86. The molecule has 1 saturated heterocycles. The van der Waals surface area contributed by atoms with Crippen LogP contribution in [0.3, 0.4) is 0 Å². The topological polar surface area (TPSA) is 43.4 Å². The van der Waals surface area contributed by atoms with E-state index in [1.54, 1.807) is 0 Å². The summed E-state index contributed by atoms with van der Waals surface area (Å²) in [6.45, 7) is 9.34. The molecule has 1 atom stereocenters. The van der Waals surface area contributed by atoms with Crippen molar-refractivity contribution < 1.29 is 9.47 Å². The first-order valence-corrected chi connectivity index (χ1v) is 6.45. The lowest BCUT2D eigenvalue weighted by atomic mass is 9.88.